The van der Waals surface area contributed by atoms with E-state index < -0.39 is 0 Å². The molecule has 3 atom stereocenters. The van der Waals surface area contributed by atoms with Crippen LogP contribution in [-0.4, -0.2) is 16.1 Å². The van der Waals surface area contributed by atoms with Crippen molar-refractivity contribution in [2.24, 2.45) is 5.92 Å². The smallest absolute Gasteiger partial charge is 0.250 e. The molecule has 3 nitrogen and oxygen atoms in total. The maximum absolute atomic E-state index is 11.7. The fourth-order valence-electron chi connectivity index (χ4n) is 2.71. The lowest BCUT2D eigenvalue weighted by atomic mass is 9.84. The van der Waals surface area contributed by atoms with Crippen molar-refractivity contribution in [1.29, 1.82) is 0 Å². The number of hydrogen-bond acceptors (Lipinski definition) is 2. The van der Waals surface area contributed by atoms with E-state index in [9.17, 15) is 4.79 Å². The number of halogens is 1. The maximum atomic E-state index is 11.7. The fourth-order valence-corrected chi connectivity index (χ4v) is 3.38. The standard InChI is InChI=1S/C11H13BrN2O/c12-11-8-4-7(5-13-11)6-14-9(8)2-1-3-10(14)15/h1-3,7-8,11,13H,4-6H2/t7?,8-,11+/m1/s1. The summed E-state index contributed by atoms with van der Waals surface area (Å²) in [5.41, 5.74) is 1.32. The highest BCUT2D eigenvalue weighted by Crippen LogP contribution is 2.37. The summed E-state index contributed by atoms with van der Waals surface area (Å²) >= 11 is 3.64. The number of aromatic nitrogens is 1. The molecule has 0 aliphatic carbocycles. The quantitative estimate of drug-likeness (QED) is 0.568. The Morgan fingerprint density at radius 1 is 1.47 bits per heavy atom. The van der Waals surface area contributed by atoms with Crippen molar-refractivity contribution in [3.8, 4) is 0 Å². The third kappa shape index (κ3) is 1.47. The zero-order chi connectivity index (χ0) is 10.4. The van der Waals surface area contributed by atoms with Crippen LogP contribution in [0.3, 0.4) is 0 Å². The maximum Gasteiger partial charge on any atom is 0.250 e. The molecule has 0 spiro atoms. The first kappa shape index (κ1) is 9.60. The summed E-state index contributed by atoms with van der Waals surface area (Å²) < 4.78 is 1.94. The van der Waals surface area contributed by atoms with Crippen molar-refractivity contribution >= 4 is 15.9 Å². The second kappa shape index (κ2) is 3.46. The van der Waals surface area contributed by atoms with E-state index in [-0.39, 0.29) is 5.56 Å². The molecule has 4 heteroatoms. The normalized spacial score (nSPS) is 33.5. The van der Waals surface area contributed by atoms with E-state index in [4.69, 9.17) is 0 Å². The minimum Gasteiger partial charge on any atom is -0.312 e. The monoisotopic (exact) mass is 268 g/mol. The van der Waals surface area contributed by atoms with Crippen molar-refractivity contribution < 1.29 is 0 Å². The van der Waals surface area contributed by atoms with Crippen LogP contribution in [0.1, 0.15) is 18.0 Å². The van der Waals surface area contributed by atoms with Crippen molar-refractivity contribution in [3.63, 3.8) is 0 Å². The highest BCUT2D eigenvalue weighted by Gasteiger charge is 2.35. The van der Waals surface area contributed by atoms with Crippen LogP contribution in [0.5, 0.6) is 0 Å². The van der Waals surface area contributed by atoms with Gasteiger partial charge >= 0.3 is 0 Å². The summed E-state index contributed by atoms with van der Waals surface area (Å²) in [5, 5.41) is 3.45. The number of nitrogens with one attached hydrogen (secondary N) is 1. The Balaban J connectivity index is 2.14. The predicted octanol–water partition coefficient (Wildman–Crippen LogP) is 1.28. The van der Waals surface area contributed by atoms with Crippen LogP contribution in [0.25, 0.3) is 0 Å². The van der Waals surface area contributed by atoms with E-state index in [2.05, 4.69) is 27.3 Å². The van der Waals surface area contributed by atoms with E-state index in [1.807, 2.05) is 10.6 Å². The minimum atomic E-state index is 0.142. The van der Waals surface area contributed by atoms with Crippen LogP contribution in [0.2, 0.25) is 0 Å². The zero-order valence-corrected chi connectivity index (χ0v) is 9.90. The van der Waals surface area contributed by atoms with E-state index in [1.165, 1.54) is 12.1 Å². The van der Waals surface area contributed by atoms with Gasteiger partial charge in [0.15, 0.2) is 0 Å². The van der Waals surface area contributed by atoms with Crippen molar-refractivity contribution in [3.05, 3.63) is 34.2 Å². The average molecular weight is 269 g/mol. The first-order valence-electron chi connectivity index (χ1n) is 5.33. The van der Waals surface area contributed by atoms with Gasteiger partial charge in [0.2, 0.25) is 0 Å². The third-order valence-electron chi connectivity index (χ3n) is 3.45. The molecule has 1 saturated heterocycles. The number of fused-ring (bicyclic) bond motifs is 4. The number of rotatable bonds is 0. The second-order valence-corrected chi connectivity index (χ2v) is 5.40. The van der Waals surface area contributed by atoms with Gasteiger partial charge < -0.3 is 9.88 Å². The third-order valence-corrected chi connectivity index (χ3v) is 4.41. The Morgan fingerprint density at radius 3 is 3.20 bits per heavy atom. The zero-order valence-electron chi connectivity index (χ0n) is 8.32. The predicted molar refractivity (Wildman–Crippen MR) is 62.3 cm³/mol. The summed E-state index contributed by atoms with van der Waals surface area (Å²) in [4.78, 5) is 12.0. The molecule has 2 aliphatic rings. The Morgan fingerprint density at radius 2 is 2.33 bits per heavy atom. The molecule has 1 unspecified atom stereocenters. The molecule has 1 fully saturated rings. The Bertz CT molecular complexity index is 442. The summed E-state index contributed by atoms with van der Waals surface area (Å²) in [6, 6.07) is 5.59. The average Bonchev–Trinajstić information content (AvgIpc) is 2.25. The Labute approximate surface area is 96.6 Å². The van der Waals surface area contributed by atoms with Gasteiger partial charge in [-0.2, -0.15) is 0 Å². The molecule has 0 saturated carbocycles. The summed E-state index contributed by atoms with van der Waals surface area (Å²) in [6.07, 6.45) is 1.19. The highest BCUT2D eigenvalue weighted by atomic mass is 79.9. The molecule has 2 bridgehead atoms. The van der Waals surface area contributed by atoms with Crippen LogP contribution in [0, 0.1) is 5.92 Å². The minimum absolute atomic E-state index is 0.142. The molecule has 3 rings (SSSR count). The number of pyridine rings is 1. The van der Waals surface area contributed by atoms with Gasteiger partial charge in [-0.15, -0.1) is 0 Å². The number of hydrogen-bond donors (Lipinski definition) is 1. The highest BCUT2D eigenvalue weighted by molar-refractivity contribution is 9.09. The largest absolute Gasteiger partial charge is 0.312 e. The lowest BCUT2D eigenvalue weighted by Crippen LogP contribution is -2.48. The van der Waals surface area contributed by atoms with Crippen LogP contribution in [-0.2, 0) is 6.54 Å². The molecule has 0 radical (unpaired) electrons. The molecular formula is C11H13BrN2O. The van der Waals surface area contributed by atoms with Gasteiger partial charge in [0.1, 0.15) is 0 Å². The van der Waals surface area contributed by atoms with Crippen molar-refractivity contribution in [1.82, 2.24) is 9.88 Å². The van der Waals surface area contributed by atoms with Crippen LogP contribution >= 0.6 is 15.9 Å². The van der Waals surface area contributed by atoms with E-state index >= 15 is 0 Å². The van der Waals surface area contributed by atoms with E-state index in [1.54, 1.807) is 6.07 Å². The molecule has 0 amide bonds. The summed E-state index contributed by atoms with van der Waals surface area (Å²) in [5.74, 6) is 1.04. The van der Waals surface area contributed by atoms with Crippen LogP contribution in [0.4, 0.5) is 0 Å². The van der Waals surface area contributed by atoms with Crippen LogP contribution in [0.15, 0.2) is 23.0 Å². The molecule has 1 aromatic heterocycles. The van der Waals surface area contributed by atoms with E-state index in [0.717, 1.165) is 13.1 Å². The molecule has 0 aromatic carbocycles. The Kier molecular flexibility index (Phi) is 2.21. The van der Waals surface area contributed by atoms with Gasteiger partial charge in [-0.1, -0.05) is 22.0 Å². The van der Waals surface area contributed by atoms with Gasteiger partial charge in [-0.3, -0.25) is 4.79 Å². The van der Waals surface area contributed by atoms with Gasteiger partial charge in [0.05, 0.1) is 4.95 Å². The lowest BCUT2D eigenvalue weighted by Gasteiger charge is -2.40. The topological polar surface area (TPSA) is 34.0 Å². The van der Waals surface area contributed by atoms with Crippen molar-refractivity contribution in [2.45, 2.75) is 23.8 Å². The van der Waals surface area contributed by atoms with E-state index in [0.29, 0.717) is 16.8 Å². The number of nitrogens with zero attached hydrogens (tertiary/aromatic N) is 1. The van der Waals surface area contributed by atoms with Gasteiger partial charge in [0.25, 0.3) is 5.56 Å². The first-order valence-corrected chi connectivity index (χ1v) is 6.24. The first-order chi connectivity index (χ1) is 7.25. The van der Waals surface area contributed by atoms with Crippen LogP contribution < -0.4 is 10.9 Å². The molecule has 1 aromatic rings. The molecule has 3 heterocycles. The molecular weight excluding hydrogens is 256 g/mol. The SMILES string of the molecule is O=c1cccc2n1CC1CN[C@H](Br)[C@@H]2C1. The second-order valence-electron chi connectivity index (χ2n) is 4.42. The summed E-state index contributed by atoms with van der Waals surface area (Å²) in [7, 11) is 0. The Hall–Kier alpha value is -0.610. The molecule has 15 heavy (non-hydrogen) atoms. The molecule has 80 valence electrons. The van der Waals surface area contributed by atoms with Gasteiger partial charge in [-0.05, 0) is 18.4 Å². The van der Waals surface area contributed by atoms with Gasteiger partial charge in [-0.25, -0.2) is 0 Å². The lowest BCUT2D eigenvalue weighted by molar-refractivity contribution is 0.247. The molecule has 1 N–H and O–H groups in total. The number of alkyl halides is 1. The fraction of sp³-hybridized carbons (Fsp3) is 0.545. The summed E-state index contributed by atoms with van der Waals surface area (Å²) in [6.45, 7) is 1.88. The van der Waals surface area contributed by atoms with Crippen molar-refractivity contribution in [2.75, 3.05) is 6.54 Å². The van der Waals surface area contributed by atoms with Gasteiger partial charge in [0, 0.05) is 30.8 Å². The molecule has 2 aliphatic heterocycles. The number of piperidine rings is 1.